The summed E-state index contributed by atoms with van der Waals surface area (Å²) in [7, 11) is 1.32. The van der Waals surface area contributed by atoms with Gasteiger partial charge in [0.05, 0.1) is 7.11 Å². The molecule has 5 heteroatoms. The van der Waals surface area contributed by atoms with E-state index in [9.17, 15) is 9.59 Å². The average molecular weight is 242 g/mol. The Morgan fingerprint density at radius 3 is 2.35 bits per heavy atom. The van der Waals surface area contributed by atoms with E-state index < -0.39 is 12.0 Å². The lowest BCUT2D eigenvalue weighted by Gasteiger charge is -2.37. The number of rotatable bonds is 5. The maximum absolute atomic E-state index is 11.8. The number of methoxy groups -OCH3 is 1. The Morgan fingerprint density at radius 2 is 2.00 bits per heavy atom. The molecule has 0 aromatic carbocycles. The molecule has 1 saturated carbocycles. The van der Waals surface area contributed by atoms with Crippen LogP contribution in [0.5, 0.6) is 0 Å². The van der Waals surface area contributed by atoms with Crippen LogP contribution in [0.4, 0.5) is 0 Å². The van der Waals surface area contributed by atoms with Crippen LogP contribution in [0.25, 0.3) is 0 Å². The van der Waals surface area contributed by atoms with Gasteiger partial charge < -0.3 is 15.8 Å². The molecule has 5 nitrogen and oxygen atoms in total. The molecule has 0 aliphatic heterocycles. The van der Waals surface area contributed by atoms with E-state index in [-0.39, 0.29) is 23.8 Å². The van der Waals surface area contributed by atoms with Gasteiger partial charge in [-0.05, 0) is 25.2 Å². The second kappa shape index (κ2) is 5.49. The SMILES string of the molecule is COC(=O)[C@@H](NC(=O)CC1(N)CCC1)C(C)C. The molecule has 1 aliphatic carbocycles. The van der Waals surface area contributed by atoms with Gasteiger partial charge in [0, 0.05) is 12.0 Å². The zero-order valence-electron chi connectivity index (χ0n) is 10.8. The Kier molecular flexibility index (Phi) is 4.51. The molecule has 3 N–H and O–H groups in total. The number of nitrogens with two attached hydrogens (primary N) is 1. The summed E-state index contributed by atoms with van der Waals surface area (Å²) in [6.45, 7) is 3.73. The maximum Gasteiger partial charge on any atom is 0.328 e. The fourth-order valence-electron chi connectivity index (χ4n) is 1.98. The van der Waals surface area contributed by atoms with Crippen molar-refractivity contribution in [1.82, 2.24) is 5.32 Å². The predicted octanol–water partition coefficient (Wildman–Crippen LogP) is 0.572. The minimum absolute atomic E-state index is 0.00140. The zero-order chi connectivity index (χ0) is 13.1. The number of nitrogens with one attached hydrogen (secondary N) is 1. The molecule has 0 unspecified atom stereocenters. The highest BCUT2D eigenvalue weighted by Gasteiger charge is 2.36. The largest absolute Gasteiger partial charge is 0.467 e. The number of carbonyl (C=O) groups is 2. The smallest absolute Gasteiger partial charge is 0.328 e. The van der Waals surface area contributed by atoms with E-state index in [1.807, 2.05) is 13.8 Å². The summed E-state index contributed by atoms with van der Waals surface area (Å²) in [5.74, 6) is -0.578. The maximum atomic E-state index is 11.8. The molecule has 0 aromatic rings. The summed E-state index contributed by atoms with van der Waals surface area (Å²) in [6.07, 6.45) is 3.12. The number of esters is 1. The summed E-state index contributed by atoms with van der Waals surface area (Å²) in [6, 6.07) is -0.587. The van der Waals surface area contributed by atoms with Gasteiger partial charge in [-0.1, -0.05) is 13.8 Å². The summed E-state index contributed by atoms with van der Waals surface area (Å²) >= 11 is 0. The van der Waals surface area contributed by atoms with Crippen molar-refractivity contribution in [3.8, 4) is 0 Å². The normalized spacial score (nSPS) is 19.4. The molecule has 1 rings (SSSR count). The van der Waals surface area contributed by atoms with E-state index in [1.54, 1.807) is 0 Å². The Labute approximate surface area is 102 Å². The van der Waals surface area contributed by atoms with Crippen LogP contribution < -0.4 is 11.1 Å². The van der Waals surface area contributed by atoms with Crippen LogP contribution in [0.15, 0.2) is 0 Å². The van der Waals surface area contributed by atoms with Crippen LogP contribution in [-0.4, -0.2) is 30.6 Å². The van der Waals surface area contributed by atoms with Crippen molar-refractivity contribution < 1.29 is 14.3 Å². The fourth-order valence-corrected chi connectivity index (χ4v) is 1.98. The number of carbonyl (C=O) groups excluding carboxylic acids is 2. The van der Waals surface area contributed by atoms with Gasteiger partial charge in [0.2, 0.25) is 5.91 Å². The average Bonchev–Trinajstić information content (AvgIpc) is 2.22. The highest BCUT2D eigenvalue weighted by molar-refractivity contribution is 5.85. The van der Waals surface area contributed by atoms with Gasteiger partial charge in [-0.15, -0.1) is 0 Å². The van der Waals surface area contributed by atoms with Gasteiger partial charge in [0.1, 0.15) is 6.04 Å². The van der Waals surface area contributed by atoms with Gasteiger partial charge in [-0.3, -0.25) is 4.79 Å². The first-order valence-corrected chi connectivity index (χ1v) is 6.04. The molecule has 0 spiro atoms. The van der Waals surface area contributed by atoms with Crippen molar-refractivity contribution >= 4 is 11.9 Å². The van der Waals surface area contributed by atoms with Gasteiger partial charge in [-0.2, -0.15) is 0 Å². The number of hydrogen-bond donors (Lipinski definition) is 2. The molecule has 1 aliphatic rings. The molecule has 98 valence electrons. The monoisotopic (exact) mass is 242 g/mol. The predicted molar refractivity (Wildman–Crippen MR) is 64.2 cm³/mol. The van der Waals surface area contributed by atoms with Crippen molar-refractivity contribution in [2.45, 2.75) is 51.1 Å². The first-order valence-electron chi connectivity index (χ1n) is 6.04. The molecule has 0 heterocycles. The van der Waals surface area contributed by atoms with Gasteiger partial charge >= 0.3 is 5.97 Å². The molecule has 0 aromatic heterocycles. The standard InChI is InChI=1S/C12H22N2O3/c1-8(2)10(11(16)17-3)14-9(15)7-12(13)5-4-6-12/h8,10H,4-7,13H2,1-3H3,(H,14,15)/t10-/m0/s1. The molecule has 1 atom stereocenters. The molecule has 0 saturated heterocycles. The Balaban J connectivity index is 2.49. The zero-order valence-corrected chi connectivity index (χ0v) is 10.8. The van der Waals surface area contributed by atoms with E-state index in [0.29, 0.717) is 0 Å². The quantitative estimate of drug-likeness (QED) is 0.691. The first-order chi connectivity index (χ1) is 7.88. The Bertz CT molecular complexity index is 298. The van der Waals surface area contributed by atoms with Crippen LogP contribution in [0.1, 0.15) is 39.5 Å². The first kappa shape index (κ1) is 14.0. The third-order valence-corrected chi connectivity index (χ3v) is 3.30. The van der Waals surface area contributed by atoms with Crippen molar-refractivity contribution in [1.29, 1.82) is 0 Å². The molecular weight excluding hydrogens is 220 g/mol. The Hall–Kier alpha value is -1.10. The Morgan fingerprint density at radius 1 is 1.41 bits per heavy atom. The molecule has 1 fully saturated rings. The lowest BCUT2D eigenvalue weighted by atomic mass is 9.75. The fraction of sp³-hybridized carbons (Fsp3) is 0.833. The van der Waals surface area contributed by atoms with Crippen LogP contribution in [-0.2, 0) is 14.3 Å². The summed E-state index contributed by atoms with van der Waals surface area (Å²) < 4.78 is 4.66. The number of ether oxygens (including phenoxy) is 1. The van der Waals surface area contributed by atoms with E-state index >= 15 is 0 Å². The summed E-state index contributed by atoms with van der Waals surface area (Å²) in [5, 5.41) is 2.70. The van der Waals surface area contributed by atoms with Gasteiger partial charge in [-0.25, -0.2) is 4.79 Å². The van der Waals surface area contributed by atoms with Gasteiger partial charge in [0.25, 0.3) is 0 Å². The lowest BCUT2D eigenvalue weighted by molar-refractivity contribution is -0.146. The van der Waals surface area contributed by atoms with Gasteiger partial charge in [0.15, 0.2) is 0 Å². The van der Waals surface area contributed by atoms with Crippen molar-refractivity contribution in [2.75, 3.05) is 7.11 Å². The second-order valence-corrected chi connectivity index (χ2v) is 5.21. The number of hydrogen-bond acceptors (Lipinski definition) is 4. The second-order valence-electron chi connectivity index (χ2n) is 5.21. The van der Waals surface area contributed by atoms with Crippen molar-refractivity contribution in [2.24, 2.45) is 11.7 Å². The van der Waals surface area contributed by atoms with Crippen molar-refractivity contribution in [3.63, 3.8) is 0 Å². The van der Waals surface area contributed by atoms with E-state index in [1.165, 1.54) is 7.11 Å². The molecular formula is C12H22N2O3. The minimum Gasteiger partial charge on any atom is -0.467 e. The van der Waals surface area contributed by atoms with E-state index in [2.05, 4.69) is 10.1 Å². The third kappa shape index (κ3) is 3.70. The minimum atomic E-state index is -0.587. The molecule has 17 heavy (non-hydrogen) atoms. The lowest BCUT2D eigenvalue weighted by Crippen LogP contribution is -2.53. The summed E-state index contributed by atoms with van der Waals surface area (Å²) in [4.78, 5) is 23.3. The highest BCUT2D eigenvalue weighted by Crippen LogP contribution is 2.31. The van der Waals surface area contributed by atoms with Crippen LogP contribution in [0.3, 0.4) is 0 Å². The molecule has 1 amide bonds. The van der Waals surface area contributed by atoms with E-state index in [4.69, 9.17) is 5.73 Å². The molecule has 0 bridgehead atoms. The molecule has 0 radical (unpaired) electrons. The summed E-state index contributed by atoms with van der Waals surface area (Å²) in [5.41, 5.74) is 5.63. The number of amides is 1. The van der Waals surface area contributed by atoms with Crippen LogP contribution in [0.2, 0.25) is 0 Å². The highest BCUT2D eigenvalue weighted by atomic mass is 16.5. The van der Waals surface area contributed by atoms with Crippen LogP contribution >= 0.6 is 0 Å². The third-order valence-electron chi connectivity index (χ3n) is 3.30. The van der Waals surface area contributed by atoms with Crippen LogP contribution in [0, 0.1) is 5.92 Å². The van der Waals surface area contributed by atoms with E-state index in [0.717, 1.165) is 19.3 Å². The topological polar surface area (TPSA) is 81.4 Å². The van der Waals surface area contributed by atoms with Crippen molar-refractivity contribution in [3.05, 3.63) is 0 Å².